The van der Waals surface area contributed by atoms with Gasteiger partial charge in [0.05, 0.1) is 10.7 Å². The van der Waals surface area contributed by atoms with E-state index in [1.165, 1.54) is 31.4 Å². The van der Waals surface area contributed by atoms with Crippen molar-refractivity contribution in [3.8, 4) is 0 Å². The molecule has 4 nitrogen and oxygen atoms in total. The summed E-state index contributed by atoms with van der Waals surface area (Å²) in [5.41, 5.74) is 1.17. The Bertz CT molecular complexity index is 475. The minimum Gasteiger partial charge on any atom is -0.357 e. The average molecular weight is 450 g/mol. The predicted molar refractivity (Wildman–Crippen MR) is 111 cm³/mol. The molecule has 2 unspecified atom stereocenters. The number of rotatable bonds is 6. The molecular weight excluding hydrogens is 419 g/mol. The molecule has 0 spiro atoms. The lowest BCUT2D eigenvalue weighted by molar-refractivity contribution is 0.289. The molecule has 0 radical (unpaired) electrons. The number of guanidine groups is 1. The Kier molecular flexibility index (Phi) is 10.1. The Hall–Kier alpha value is -0.370. The van der Waals surface area contributed by atoms with Crippen LogP contribution in [0.25, 0.3) is 0 Å². The van der Waals surface area contributed by atoms with Gasteiger partial charge in [0.2, 0.25) is 0 Å². The van der Waals surface area contributed by atoms with E-state index in [0.717, 1.165) is 48.9 Å². The lowest BCUT2D eigenvalue weighted by Crippen LogP contribution is -2.38. The molecule has 1 aromatic rings. The molecule has 2 rings (SSSR count). The van der Waals surface area contributed by atoms with Crippen molar-refractivity contribution in [1.29, 1.82) is 0 Å². The van der Waals surface area contributed by atoms with E-state index in [1.54, 1.807) is 11.3 Å². The number of halogens is 1. The lowest BCUT2D eigenvalue weighted by atomic mass is 9.82. The van der Waals surface area contributed by atoms with Gasteiger partial charge in [-0.1, -0.05) is 19.8 Å². The van der Waals surface area contributed by atoms with Crippen molar-refractivity contribution in [3.63, 3.8) is 0 Å². The Balaban J connectivity index is 0.00000264. The van der Waals surface area contributed by atoms with Gasteiger partial charge in [0.25, 0.3) is 0 Å². The van der Waals surface area contributed by atoms with Crippen molar-refractivity contribution in [1.82, 2.24) is 15.6 Å². The van der Waals surface area contributed by atoms with E-state index >= 15 is 0 Å². The van der Waals surface area contributed by atoms with Crippen LogP contribution < -0.4 is 10.6 Å². The van der Waals surface area contributed by atoms with Gasteiger partial charge in [-0.2, -0.15) is 0 Å². The number of nitrogens with one attached hydrogen (secondary N) is 2. The number of aromatic nitrogens is 1. The van der Waals surface area contributed by atoms with Crippen molar-refractivity contribution in [2.45, 2.75) is 52.9 Å². The molecule has 0 bridgehead atoms. The zero-order valence-corrected chi connectivity index (χ0v) is 17.7. The molecule has 0 saturated heterocycles. The summed E-state index contributed by atoms with van der Waals surface area (Å²) < 4.78 is 0. The Morgan fingerprint density at radius 2 is 2.22 bits per heavy atom. The van der Waals surface area contributed by atoms with E-state index in [9.17, 15) is 0 Å². The lowest BCUT2D eigenvalue weighted by Gasteiger charge is -2.25. The molecule has 6 heteroatoms. The van der Waals surface area contributed by atoms with Crippen molar-refractivity contribution in [2.75, 3.05) is 19.6 Å². The summed E-state index contributed by atoms with van der Waals surface area (Å²) in [5, 5.41) is 10.1. The van der Waals surface area contributed by atoms with E-state index in [-0.39, 0.29) is 24.0 Å². The standard InChI is InChI=1S/C17H30N4S.HI/c1-4-18-17(19-9-8-16-12-22-14(3)21-16)20-11-15-7-5-6-13(2)10-15;/h12-13,15H,4-11H2,1-3H3,(H2,18,19,20);1H. The summed E-state index contributed by atoms with van der Waals surface area (Å²) in [6.45, 7) is 9.28. The smallest absolute Gasteiger partial charge is 0.191 e. The molecule has 1 aliphatic carbocycles. The fraction of sp³-hybridized carbons (Fsp3) is 0.765. The minimum absolute atomic E-state index is 0. The molecule has 1 fully saturated rings. The normalized spacial score (nSPS) is 21.6. The monoisotopic (exact) mass is 450 g/mol. The Labute approximate surface area is 162 Å². The van der Waals surface area contributed by atoms with Crippen molar-refractivity contribution < 1.29 is 0 Å². The third-order valence-corrected chi connectivity index (χ3v) is 5.06. The highest BCUT2D eigenvalue weighted by Crippen LogP contribution is 2.28. The quantitative estimate of drug-likeness (QED) is 0.392. The SMILES string of the molecule is CCNC(=NCC1CCCC(C)C1)NCCc1csc(C)n1.I. The van der Waals surface area contributed by atoms with Gasteiger partial charge in [0.15, 0.2) is 5.96 Å². The third kappa shape index (κ3) is 7.83. The van der Waals surface area contributed by atoms with Crippen LogP contribution in [0.4, 0.5) is 0 Å². The largest absolute Gasteiger partial charge is 0.357 e. The molecule has 0 aliphatic heterocycles. The first kappa shape index (κ1) is 20.7. The van der Waals surface area contributed by atoms with Crippen molar-refractivity contribution in [3.05, 3.63) is 16.1 Å². The molecule has 2 N–H and O–H groups in total. The Morgan fingerprint density at radius 1 is 1.39 bits per heavy atom. The van der Waals surface area contributed by atoms with E-state index in [0.29, 0.717) is 0 Å². The fourth-order valence-corrected chi connectivity index (χ4v) is 3.77. The average Bonchev–Trinajstić information content (AvgIpc) is 2.90. The van der Waals surface area contributed by atoms with Gasteiger partial charge in [-0.05, 0) is 38.5 Å². The van der Waals surface area contributed by atoms with E-state index < -0.39 is 0 Å². The number of thiazole rings is 1. The highest BCUT2D eigenvalue weighted by molar-refractivity contribution is 14.0. The molecule has 1 saturated carbocycles. The van der Waals surface area contributed by atoms with E-state index in [2.05, 4.69) is 41.8 Å². The topological polar surface area (TPSA) is 49.3 Å². The number of nitrogens with zero attached hydrogens (tertiary/aromatic N) is 2. The van der Waals surface area contributed by atoms with Gasteiger partial charge < -0.3 is 10.6 Å². The highest BCUT2D eigenvalue weighted by Gasteiger charge is 2.18. The van der Waals surface area contributed by atoms with Gasteiger partial charge in [0, 0.05) is 31.4 Å². The first-order chi connectivity index (χ1) is 10.7. The van der Waals surface area contributed by atoms with Gasteiger partial charge in [-0.15, -0.1) is 35.3 Å². The first-order valence-electron chi connectivity index (χ1n) is 8.60. The Morgan fingerprint density at radius 3 is 2.87 bits per heavy atom. The van der Waals surface area contributed by atoms with Crippen molar-refractivity contribution in [2.24, 2.45) is 16.8 Å². The zero-order chi connectivity index (χ0) is 15.8. The molecule has 2 atom stereocenters. The zero-order valence-electron chi connectivity index (χ0n) is 14.6. The first-order valence-corrected chi connectivity index (χ1v) is 9.48. The molecule has 0 amide bonds. The van der Waals surface area contributed by atoms with Crippen LogP contribution >= 0.6 is 35.3 Å². The van der Waals surface area contributed by atoms with Crippen LogP contribution in [-0.2, 0) is 6.42 Å². The molecule has 1 aromatic heterocycles. The second kappa shape index (κ2) is 11.2. The summed E-state index contributed by atoms with van der Waals surface area (Å²) in [5.74, 6) is 2.59. The van der Waals surface area contributed by atoms with E-state index in [4.69, 9.17) is 4.99 Å². The van der Waals surface area contributed by atoms with Crippen LogP contribution in [-0.4, -0.2) is 30.6 Å². The highest BCUT2D eigenvalue weighted by atomic mass is 127. The molecule has 0 aromatic carbocycles. The summed E-state index contributed by atoms with van der Waals surface area (Å²) in [7, 11) is 0. The maximum absolute atomic E-state index is 4.78. The maximum Gasteiger partial charge on any atom is 0.191 e. The van der Waals surface area contributed by atoms with Gasteiger partial charge in [-0.3, -0.25) is 4.99 Å². The molecule has 23 heavy (non-hydrogen) atoms. The van der Waals surface area contributed by atoms with E-state index in [1.807, 2.05) is 0 Å². The van der Waals surface area contributed by atoms with Crippen LogP contribution in [0.1, 0.15) is 50.2 Å². The predicted octanol–water partition coefficient (Wildman–Crippen LogP) is 3.99. The third-order valence-electron chi connectivity index (χ3n) is 4.24. The van der Waals surface area contributed by atoms with Crippen LogP contribution in [0, 0.1) is 18.8 Å². The number of aliphatic imine (C=N–C) groups is 1. The summed E-state index contributed by atoms with van der Waals surface area (Å²) in [4.78, 5) is 9.28. The molecule has 132 valence electrons. The van der Waals surface area contributed by atoms with Crippen molar-refractivity contribution >= 4 is 41.3 Å². The number of aryl methyl sites for hydroxylation is 1. The van der Waals surface area contributed by atoms with Gasteiger partial charge in [0.1, 0.15) is 0 Å². The minimum atomic E-state index is 0. The summed E-state index contributed by atoms with van der Waals surface area (Å²) >= 11 is 1.72. The molecule has 1 aliphatic rings. The summed E-state index contributed by atoms with van der Waals surface area (Å²) in [6.07, 6.45) is 6.39. The number of hydrogen-bond donors (Lipinski definition) is 2. The fourth-order valence-electron chi connectivity index (χ4n) is 3.12. The van der Waals surface area contributed by atoms with Crippen LogP contribution in [0.5, 0.6) is 0 Å². The van der Waals surface area contributed by atoms with Gasteiger partial charge >= 0.3 is 0 Å². The van der Waals surface area contributed by atoms with Gasteiger partial charge in [-0.25, -0.2) is 4.98 Å². The van der Waals surface area contributed by atoms with Crippen LogP contribution in [0.2, 0.25) is 0 Å². The van der Waals surface area contributed by atoms with Crippen LogP contribution in [0.15, 0.2) is 10.4 Å². The second-order valence-corrected chi connectivity index (χ2v) is 7.45. The number of hydrogen-bond acceptors (Lipinski definition) is 3. The second-order valence-electron chi connectivity index (χ2n) is 6.39. The molecular formula is C17H31IN4S. The molecule has 1 heterocycles. The van der Waals surface area contributed by atoms with Crippen LogP contribution in [0.3, 0.4) is 0 Å². The maximum atomic E-state index is 4.78. The summed E-state index contributed by atoms with van der Waals surface area (Å²) in [6, 6.07) is 0.